The van der Waals surface area contributed by atoms with Crippen molar-refractivity contribution in [3.8, 4) is 5.75 Å². The first-order valence-electron chi connectivity index (χ1n) is 8.36. The standard InChI is InChI=1S/C18H26ClNO/c1-3-7-20-17-5-4-13(12(17)2)9-15-11-16(19)10-14-6-8-21-18(14)15/h10-13,17,20H,3-9H2,1-2H3. The van der Waals surface area contributed by atoms with Gasteiger partial charge in [0.15, 0.2) is 0 Å². The summed E-state index contributed by atoms with van der Waals surface area (Å²) in [5, 5.41) is 4.56. The number of halogens is 1. The molecular weight excluding hydrogens is 282 g/mol. The van der Waals surface area contributed by atoms with Gasteiger partial charge in [-0.15, -0.1) is 0 Å². The summed E-state index contributed by atoms with van der Waals surface area (Å²) in [6, 6.07) is 4.87. The first kappa shape index (κ1) is 15.2. The van der Waals surface area contributed by atoms with E-state index in [2.05, 4.69) is 31.3 Å². The molecule has 21 heavy (non-hydrogen) atoms. The minimum absolute atomic E-state index is 0.683. The zero-order valence-electron chi connectivity index (χ0n) is 13.1. The van der Waals surface area contributed by atoms with Gasteiger partial charge in [-0.3, -0.25) is 0 Å². The van der Waals surface area contributed by atoms with E-state index in [4.69, 9.17) is 16.3 Å². The Balaban J connectivity index is 1.70. The SMILES string of the molecule is CCCNC1CCC(Cc2cc(Cl)cc3c2OCC3)C1C. The molecule has 0 spiro atoms. The fourth-order valence-corrected chi connectivity index (χ4v) is 4.20. The van der Waals surface area contributed by atoms with E-state index in [1.54, 1.807) is 0 Å². The third kappa shape index (κ3) is 3.22. The molecule has 0 bridgehead atoms. The van der Waals surface area contributed by atoms with Crippen molar-refractivity contribution in [3.05, 3.63) is 28.3 Å². The van der Waals surface area contributed by atoms with Crippen molar-refractivity contribution in [2.75, 3.05) is 13.2 Å². The molecule has 3 rings (SSSR count). The van der Waals surface area contributed by atoms with Gasteiger partial charge in [-0.05, 0) is 67.3 Å². The third-order valence-corrected chi connectivity index (χ3v) is 5.41. The summed E-state index contributed by atoms with van der Waals surface area (Å²) in [5.41, 5.74) is 2.62. The van der Waals surface area contributed by atoms with Gasteiger partial charge in [0.1, 0.15) is 5.75 Å². The second-order valence-electron chi connectivity index (χ2n) is 6.61. The lowest BCUT2D eigenvalue weighted by molar-refractivity contribution is 0.334. The van der Waals surface area contributed by atoms with Crippen LogP contribution in [0.25, 0.3) is 0 Å². The van der Waals surface area contributed by atoms with Crippen molar-refractivity contribution in [1.82, 2.24) is 5.32 Å². The van der Waals surface area contributed by atoms with Gasteiger partial charge in [0, 0.05) is 17.5 Å². The summed E-state index contributed by atoms with van der Waals surface area (Å²) in [6.45, 7) is 6.58. The van der Waals surface area contributed by atoms with E-state index in [1.807, 2.05) is 0 Å². The highest BCUT2D eigenvalue weighted by atomic mass is 35.5. The molecule has 0 saturated heterocycles. The Morgan fingerprint density at radius 2 is 2.19 bits per heavy atom. The molecule has 2 nitrogen and oxygen atoms in total. The Hall–Kier alpha value is -0.730. The van der Waals surface area contributed by atoms with Crippen LogP contribution in [0.3, 0.4) is 0 Å². The van der Waals surface area contributed by atoms with Gasteiger partial charge in [0.2, 0.25) is 0 Å². The van der Waals surface area contributed by atoms with Crippen molar-refractivity contribution in [2.45, 2.75) is 52.0 Å². The maximum absolute atomic E-state index is 6.28. The Kier molecular flexibility index (Phi) is 4.75. The molecule has 1 aliphatic carbocycles. The molecule has 116 valence electrons. The normalized spacial score (nSPS) is 27.7. The highest BCUT2D eigenvalue weighted by molar-refractivity contribution is 6.30. The van der Waals surface area contributed by atoms with E-state index in [0.717, 1.165) is 48.6 Å². The van der Waals surface area contributed by atoms with Crippen LogP contribution < -0.4 is 10.1 Å². The minimum atomic E-state index is 0.683. The molecule has 3 atom stereocenters. The van der Waals surface area contributed by atoms with E-state index >= 15 is 0 Å². The van der Waals surface area contributed by atoms with Crippen LogP contribution in [0, 0.1) is 11.8 Å². The summed E-state index contributed by atoms with van der Waals surface area (Å²) >= 11 is 6.28. The zero-order valence-corrected chi connectivity index (χ0v) is 13.9. The smallest absolute Gasteiger partial charge is 0.125 e. The first-order chi connectivity index (χ1) is 10.2. The number of benzene rings is 1. The van der Waals surface area contributed by atoms with Gasteiger partial charge in [-0.1, -0.05) is 25.4 Å². The summed E-state index contributed by atoms with van der Waals surface area (Å²) in [4.78, 5) is 0. The molecule has 1 aromatic carbocycles. The highest BCUT2D eigenvalue weighted by Crippen LogP contribution is 2.39. The summed E-state index contributed by atoms with van der Waals surface area (Å²) < 4.78 is 5.85. The summed E-state index contributed by atoms with van der Waals surface area (Å²) in [6.07, 6.45) is 5.93. The average Bonchev–Trinajstić information content (AvgIpc) is 3.05. The molecule has 2 aliphatic rings. The predicted octanol–water partition coefficient (Wildman–Crippen LogP) is 4.23. The summed E-state index contributed by atoms with van der Waals surface area (Å²) in [5.74, 6) is 2.59. The number of fused-ring (bicyclic) bond motifs is 1. The van der Waals surface area contributed by atoms with Crippen LogP contribution in [-0.2, 0) is 12.8 Å². The van der Waals surface area contributed by atoms with Crippen LogP contribution in [0.1, 0.15) is 44.2 Å². The molecule has 3 unspecified atom stereocenters. The molecule has 0 aromatic heterocycles. The maximum Gasteiger partial charge on any atom is 0.125 e. The van der Waals surface area contributed by atoms with Crippen LogP contribution in [0.5, 0.6) is 5.75 Å². The number of nitrogens with one attached hydrogen (secondary N) is 1. The van der Waals surface area contributed by atoms with Crippen molar-refractivity contribution >= 4 is 11.6 Å². The van der Waals surface area contributed by atoms with Crippen molar-refractivity contribution in [3.63, 3.8) is 0 Å². The third-order valence-electron chi connectivity index (χ3n) is 5.19. The first-order valence-corrected chi connectivity index (χ1v) is 8.74. The van der Waals surface area contributed by atoms with Crippen LogP contribution in [0.4, 0.5) is 0 Å². The fourth-order valence-electron chi connectivity index (χ4n) is 3.93. The molecule has 1 fully saturated rings. The zero-order chi connectivity index (χ0) is 14.8. The van der Waals surface area contributed by atoms with Gasteiger partial charge < -0.3 is 10.1 Å². The molecule has 1 heterocycles. The van der Waals surface area contributed by atoms with Crippen molar-refractivity contribution < 1.29 is 4.74 Å². The molecule has 1 aromatic rings. The maximum atomic E-state index is 6.28. The Labute approximate surface area is 133 Å². The highest BCUT2D eigenvalue weighted by Gasteiger charge is 2.33. The molecular formula is C18H26ClNO. The topological polar surface area (TPSA) is 21.3 Å². The van der Waals surface area contributed by atoms with Gasteiger partial charge in [0.25, 0.3) is 0 Å². The lowest BCUT2D eigenvalue weighted by atomic mass is 9.88. The van der Waals surface area contributed by atoms with Gasteiger partial charge in [0.05, 0.1) is 6.61 Å². The predicted molar refractivity (Wildman–Crippen MR) is 88.3 cm³/mol. The second kappa shape index (κ2) is 6.58. The Morgan fingerprint density at radius 3 is 3.00 bits per heavy atom. The molecule has 0 amide bonds. The van der Waals surface area contributed by atoms with Crippen molar-refractivity contribution in [1.29, 1.82) is 0 Å². The van der Waals surface area contributed by atoms with Crippen LogP contribution in [0.2, 0.25) is 5.02 Å². The number of ether oxygens (including phenoxy) is 1. The second-order valence-corrected chi connectivity index (χ2v) is 7.05. The molecule has 1 saturated carbocycles. The van der Waals surface area contributed by atoms with E-state index < -0.39 is 0 Å². The van der Waals surface area contributed by atoms with E-state index in [9.17, 15) is 0 Å². The Morgan fingerprint density at radius 1 is 1.33 bits per heavy atom. The molecule has 1 aliphatic heterocycles. The quantitative estimate of drug-likeness (QED) is 0.879. The fraction of sp³-hybridized carbons (Fsp3) is 0.667. The van der Waals surface area contributed by atoms with Crippen LogP contribution in [0.15, 0.2) is 12.1 Å². The lowest BCUT2D eigenvalue weighted by Gasteiger charge is -2.22. The molecule has 3 heteroatoms. The number of hydrogen-bond acceptors (Lipinski definition) is 2. The van der Waals surface area contributed by atoms with E-state index in [0.29, 0.717) is 6.04 Å². The number of rotatable bonds is 5. The Bertz CT molecular complexity index is 502. The van der Waals surface area contributed by atoms with Gasteiger partial charge in [-0.2, -0.15) is 0 Å². The minimum Gasteiger partial charge on any atom is -0.493 e. The van der Waals surface area contributed by atoms with Crippen LogP contribution in [-0.4, -0.2) is 19.2 Å². The summed E-state index contributed by atoms with van der Waals surface area (Å²) in [7, 11) is 0. The monoisotopic (exact) mass is 307 g/mol. The van der Waals surface area contributed by atoms with Crippen LogP contribution >= 0.6 is 11.6 Å². The average molecular weight is 308 g/mol. The number of hydrogen-bond donors (Lipinski definition) is 1. The van der Waals surface area contributed by atoms with E-state index in [-0.39, 0.29) is 0 Å². The molecule has 1 N–H and O–H groups in total. The molecule has 0 radical (unpaired) electrons. The largest absolute Gasteiger partial charge is 0.493 e. The van der Waals surface area contributed by atoms with Gasteiger partial charge in [-0.25, -0.2) is 0 Å². The van der Waals surface area contributed by atoms with Crippen molar-refractivity contribution in [2.24, 2.45) is 11.8 Å². The van der Waals surface area contributed by atoms with Gasteiger partial charge >= 0.3 is 0 Å². The lowest BCUT2D eigenvalue weighted by Crippen LogP contribution is -2.33. The van der Waals surface area contributed by atoms with E-state index in [1.165, 1.54) is 30.4 Å².